The van der Waals surface area contributed by atoms with E-state index in [-0.39, 0.29) is 84.3 Å². The molecule has 0 saturated carbocycles. The first-order valence-electron chi connectivity index (χ1n) is 10.7. The van der Waals surface area contributed by atoms with Gasteiger partial charge in [-0.15, -0.1) is 0 Å². The van der Waals surface area contributed by atoms with Crippen LogP contribution in [-0.4, -0.2) is 41.6 Å². The predicted octanol–water partition coefficient (Wildman–Crippen LogP) is -4.89. The van der Waals surface area contributed by atoms with Crippen LogP contribution < -0.4 is 80.2 Å². The number of hydrogen-bond donors (Lipinski definition) is 1. The van der Waals surface area contributed by atoms with Crippen LogP contribution >= 0.6 is 15.6 Å². The van der Waals surface area contributed by atoms with E-state index < -0.39 is 51.9 Å². The van der Waals surface area contributed by atoms with Gasteiger partial charge in [-0.25, -0.2) is 4.79 Å². The zero-order chi connectivity index (χ0) is 24.6. The van der Waals surface area contributed by atoms with Gasteiger partial charge in [-0.2, -0.15) is 0 Å². The van der Waals surface area contributed by atoms with Crippen molar-refractivity contribution in [2.24, 2.45) is 0 Å². The number of rotatable bonds is 14. The van der Waals surface area contributed by atoms with Crippen LogP contribution in [0.15, 0.2) is 15.8 Å². The fourth-order valence-electron chi connectivity index (χ4n) is 2.97. The quantitative estimate of drug-likeness (QED) is 0.131. The van der Waals surface area contributed by atoms with E-state index in [1.54, 1.807) is 0 Å². The summed E-state index contributed by atoms with van der Waals surface area (Å²) in [6.07, 6.45) is 0.0744. The number of ether oxygens (including phenoxy) is 1. The zero-order valence-electron chi connectivity index (χ0n) is 20.8. The number of nitrogens with zero attached hydrogens (tertiary/aromatic N) is 1. The average molecular weight is 558 g/mol. The molecule has 1 saturated heterocycles. The topological polar surface area (TPSA) is 181 Å². The van der Waals surface area contributed by atoms with Crippen LogP contribution in [0.2, 0.25) is 0 Å². The molecule has 0 aromatic carbocycles. The zero-order valence-corrected chi connectivity index (χ0v) is 26.6. The third kappa shape index (κ3) is 12.1. The Kier molecular flexibility index (Phi) is 17.2. The van der Waals surface area contributed by atoms with E-state index >= 15 is 0 Å². The van der Waals surface area contributed by atoms with E-state index in [1.807, 2.05) is 13.8 Å². The van der Waals surface area contributed by atoms with Crippen LogP contribution in [-0.2, 0) is 32.0 Å². The van der Waals surface area contributed by atoms with Gasteiger partial charge in [0, 0.05) is 18.2 Å². The van der Waals surface area contributed by atoms with Gasteiger partial charge in [0.25, 0.3) is 21.2 Å². The van der Waals surface area contributed by atoms with E-state index in [2.05, 4.69) is 4.98 Å². The molecule has 5 atom stereocenters. The third-order valence-electron chi connectivity index (χ3n) is 4.79. The molecule has 1 aromatic rings. The van der Waals surface area contributed by atoms with Gasteiger partial charge in [-0.1, -0.05) is 26.7 Å². The Morgan fingerprint density at radius 2 is 1.63 bits per heavy atom. The Balaban J connectivity index is 0.00000578. The van der Waals surface area contributed by atoms with E-state index in [9.17, 15) is 28.5 Å². The van der Waals surface area contributed by atoms with E-state index in [1.165, 1.54) is 13.1 Å². The van der Waals surface area contributed by atoms with Crippen molar-refractivity contribution in [1.82, 2.24) is 9.55 Å². The van der Waals surface area contributed by atoms with Crippen LogP contribution in [0.5, 0.6) is 0 Å². The second kappa shape index (κ2) is 16.7. The van der Waals surface area contributed by atoms with Gasteiger partial charge in [-0.3, -0.25) is 23.5 Å². The summed E-state index contributed by atoms with van der Waals surface area (Å²) in [5, 5.41) is 0. The summed E-state index contributed by atoms with van der Waals surface area (Å²) in [6, 6.07) is 0. The molecule has 1 N–H and O–H groups in total. The molecule has 0 amide bonds. The number of aryl methyl sites for hydroxylation is 1. The first-order valence-corrected chi connectivity index (χ1v) is 13.6. The number of hydrogen-bond acceptors (Lipinski definition) is 11. The van der Waals surface area contributed by atoms with Crippen molar-refractivity contribution in [2.75, 3.05) is 19.8 Å². The number of phosphoric ester groups is 2. The van der Waals surface area contributed by atoms with Crippen LogP contribution in [0.25, 0.3) is 0 Å². The van der Waals surface area contributed by atoms with Gasteiger partial charge in [0.15, 0.2) is 0 Å². The fraction of sp³-hybridized carbons (Fsp3) is 0.778. The number of nitrogens with one attached hydrogen (secondary N) is 1. The predicted molar refractivity (Wildman–Crippen MR) is 112 cm³/mol. The molecule has 0 aliphatic carbocycles. The molecule has 17 heteroatoms. The third-order valence-corrected chi connectivity index (χ3v) is 6.78. The molecule has 0 radical (unpaired) electrons. The van der Waals surface area contributed by atoms with Crippen LogP contribution in [0, 0.1) is 6.92 Å². The Morgan fingerprint density at radius 3 is 2.20 bits per heavy atom. The SMILES string of the molecule is CCCCOP(=O)([O-])OC[C@H]1O[C@@H](n2cc(C)c(=O)[nH]c2=O)C[C@@H]1OP(=O)([O-])OCCCC.[Na+].[Na+]. The van der Waals surface area contributed by atoms with Crippen molar-refractivity contribution >= 4 is 15.6 Å². The largest absolute Gasteiger partial charge is 1.00 e. The minimum Gasteiger partial charge on any atom is -0.756 e. The summed E-state index contributed by atoms with van der Waals surface area (Å²) >= 11 is 0. The van der Waals surface area contributed by atoms with Crippen molar-refractivity contribution in [3.63, 3.8) is 0 Å². The van der Waals surface area contributed by atoms with Gasteiger partial charge in [-0.05, 0) is 19.8 Å². The molecular formula is C18H30N2Na2O11P2. The number of unbranched alkanes of at least 4 members (excludes halogenated alkanes) is 2. The molecule has 1 aliphatic rings. The summed E-state index contributed by atoms with van der Waals surface area (Å²) in [7, 11) is -9.42. The van der Waals surface area contributed by atoms with Crippen molar-refractivity contribution in [1.29, 1.82) is 0 Å². The smallest absolute Gasteiger partial charge is 0.756 e. The molecule has 0 bridgehead atoms. The van der Waals surface area contributed by atoms with Crippen molar-refractivity contribution < 1.29 is 101 Å². The fourth-order valence-corrected chi connectivity index (χ4v) is 4.70. The minimum atomic E-state index is -4.75. The van der Waals surface area contributed by atoms with Gasteiger partial charge in [0.05, 0.1) is 25.9 Å². The summed E-state index contributed by atoms with van der Waals surface area (Å²) in [5.74, 6) is 0. The van der Waals surface area contributed by atoms with Crippen molar-refractivity contribution in [3.05, 3.63) is 32.6 Å². The molecule has 2 unspecified atom stereocenters. The molecule has 1 fully saturated rings. The summed E-state index contributed by atoms with van der Waals surface area (Å²) < 4.78 is 50.5. The van der Waals surface area contributed by atoms with E-state index in [4.69, 9.17) is 22.8 Å². The number of H-pyrrole nitrogens is 1. The maximum atomic E-state index is 12.2. The van der Waals surface area contributed by atoms with Gasteiger partial charge in [0.2, 0.25) is 0 Å². The van der Waals surface area contributed by atoms with Gasteiger partial charge in [0.1, 0.15) is 12.3 Å². The second-order valence-electron chi connectivity index (χ2n) is 7.55. The Morgan fingerprint density at radius 1 is 1.06 bits per heavy atom. The Bertz CT molecular complexity index is 990. The minimum absolute atomic E-state index is 0. The monoisotopic (exact) mass is 558 g/mol. The van der Waals surface area contributed by atoms with Crippen LogP contribution in [0.3, 0.4) is 0 Å². The van der Waals surface area contributed by atoms with Crippen molar-refractivity contribution in [2.45, 2.75) is 71.3 Å². The van der Waals surface area contributed by atoms with Gasteiger partial charge < -0.3 is 32.6 Å². The maximum absolute atomic E-state index is 12.2. The average Bonchev–Trinajstić information content (AvgIpc) is 3.11. The number of aromatic nitrogens is 2. The molecule has 13 nitrogen and oxygen atoms in total. The Labute approximate surface area is 248 Å². The molecule has 1 aromatic heterocycles. The molecule has 2 heterocycles. The normalized spacial score (nSPS) is 23.1. The molecular weight excluding hydrogens is 528 g/mol. The molecule has 0 spiro atoms. The standard InChI is InChI=1S/C18H32N2O11P2.2Na/c1-4-6-8-27-32(23,24)29-12-15-14(31-33(25,26)28-9-7-5-2)10-16(30-15)20-11-13(3)17(21)19-18(20)22;;/h11,14-16H,4-10,12H2,1-3H3,(H,23,24)(H,25,26)(H,19,21,22);;/q;2*+1/p-2/t14-,15+,16+;;/m0../s1. The molecule has 1 aliphatic heterocycles. The Hall–Kier alpha value is 0.860. The second-order valence-corrected chi connectivity index (χ2v) is 10.3. The number of phosphoric acid groups is 2. The molecule has 190 valence electrons. The van der Waals surface area contributed by atoms with Gasteiger partial charge >= 0.3 is 64.8 Å². The van der Waals surface area contributed by atoms with Crippen molar-refractivity contribution in [3.8, 4) is 0 Å². The summed E-state index contributed by atoms with van der Waals surface area (Å²) in [4.78, 5) is 50.2. The first-order chi connectivity index (χ1) is 15.5. The van der Waals surface area contributed by atoms with E-state index in [0.717, 1.165) is 4.57 Å². The molecule has 2 rings (SSSR count). The number of aromatic amines is 1. The molecule has 35 heavy (non-hydrogen) atoms. The summed E-state index contributed by atoms with van der Waals surface area (Å²) in [6.45, 7) is 4.45. The first kappa shape index (κ1) is 35.9. The van der Waals surface area contributed by atoms with Crippen LogP contribution in [0.4, 0.5) is 0 Å². The summed E-state index contributed by atoms with van der Waals surface area (Å²) in [5.41, 5.74) is -1.13. The van der Waals surface area contributed by atoms with E-state index in [0.29, 0.717) is 25.7 Å². The maximum Gasteiger partial charge on any atom is 1.00 e. The van der Waals surface area contributed by atoms with Crippen LogP contribution in [0.1, 0.15) is 57.7 Å².